The molecule has 14 atom stereocenters. The van der Waals surface area contributed by atoms with E-state index in [1.807, 2.05) is 44.4 Å². The molecule has 0 aliphatic carbocycles. The van der Waals surface area contributed by atoms with Gasteiger partial charge < -0.3 is 62.7 Å². The van der Waals surface area contributed by atoms with E-state index in [0.29, 0.717) is 0 Å². The fourth-order valence-corrected chi connectivity index (χ4v) is 24.9. The normalized spacial score (nSPS) is 19.2. The van der Waals surface area contributed by atoms with E-state index in [1.54, 1.807) is 7.57 Å². The maximum absolute atomic E-state index is 13.8. The van der Waals surface area contributed by atoms with E-state index in [0.717, 1.165) is 0 Å². The molecule has 0 bridgehead atoms. The number of halogens is 2. The summed E-state index contributed by atoms with van der Waals surface area (Å²) in [6, 6.07) is 0. The van der Waals surface area contributed by atoms with Crippen LogP contribution in [0.25, 0.3) is 0 Å². The first-order chi connectivity index (χ1) is 30.9. The molecule has 29 heteroatoms. The molecule has 0 spiro atoms. The van der Waals surface area contributed by atoms with Crippen LogP contribution in [0.3, 0.4) is 0 Å². The minimum absolute atomic E-state index is 0.238. The summed E-state index contributed by atoms with van der Waals surface area (Å²) in [6.45, 7) is 13.2. The van der Waals surface area contributed by atoms with Crippen LogP contribution in [0.4, 0.5) is 0 Å². The van der Waals surface area contributed by atoms with E-state index in [4.69, 9.17) is 21.8 Å². The Morgan fingerprint density at radius 1 is 0.582 bits per heavy atom. The Morgan fingerprint density at radius 3 is 1.15 bits per heavy atom. The van der Waals surface area contributed by atoms with Crippen molar-refractivity contribution < 1.29 is 101 Å². The van der Waals surface area contributed by atoms with Crippen LogP contribution in [0.5, 0.6) is 0 Å². The first kappa shape index (κ1) is 65.4. The molecule has 0 aliphatic rings. The second kappa shape index (κ2) is 29.1. The summed E-state index contributed by atoms with van der Waals surface area (Å²) >= 11 is 3.86. The molecule has 0 aromatic rings. The van der Waals surface area contributed by atoms with Gasteiger partial charge in [0.2, 0.25) is 4.86 Å². The lowest BCUT2D eigenvalue weighted by Crippen LogP contribution is -2.66. The third-order valence-corrected chi connectivity index (χ3v) is 28.7. The molecule has 0 saturated heterocycles. The summed E-state index contributed by atoms with van der Waals surface area (Å²) in [5.41, 5.74) is -4.63. The van der Waals surface area contributed by atoms with Crippen molar-refractivity contribution in [2.24, 2.45) is 47.3 Å². The van der Waals surface area contributed by atoms with Crippen molar-refractivity contribution in [3.8, 4) is 0 Å². The van der Waals surface area contributed by atoms with Gasteiger partial charge in [0.05, 0.1) is 47.3 Å². The van der Waals surface area contributed by atoms with E-state index < -0.39 is 152 Å². The molecule has 14 unspecified atom stereocenters. The van der Waals surface area contributed by atoms with E-state index in [9.17, 15) is 79.2 Å². The van der Waals surface area contributed by atoms with Gasteiger partial charge in [-0.25, -0.2) is 0 Å². The topological polar surface area (TPSA) is 345 Å². The smallest absolute Gasteiger partial charge is 0.481 e. The number of hydrogen-bond donors (Lipinski definition) is 8. The molecule has 8 N–H and O–H groups in total. The van der Waals surface area contributed by atoms with Crippen molar-refractivity contribution in [2.75, 3.05) is 26.4 Å². The number of aliphatic carboxylic acids is 8. The maximum atomic E-state index is 13.8. The lowest BCUT2D eigenvalue weighted by Gasteiger charge is -2.48. The molecule has 0 aromatic heterocycles. The molecule has 0 saturated carbocycles. The van der Waals surface area contributed by atoms with E-state index in [-0.39, 0.29) is 52.6 Å². The Bertz CT molecular complexity index is 1710. The Hall–Kier alpha value is -1.56. The fourth-order valence-electron chi connectivity index (χ4n) is 9.37. The van der Waals surface area contributed by atoms with Gasteiger partial charge in [0.25, 0.3) is 0 Å². The van der Waals surface area contributed by atoms with Crippen LogP contribution in [0, 0.1) is 47.3 Å². The first-order valence-corrected chi connectivity index (χ1v) is 32.6. The number of rotatable bonds is 37. The van der Waals surface area contributed by atoms with Gasteiger partial charge in [-0.2, -0.15) is 0 Å². The Kier molecular flexibility index (Phi) is 28.4. The minimum Gasteiger partial charge on any atom is -0.481 e. The molecular weight excluding hydrogens is 1190 g/mol. The average molecular weight is 1250 g/mol. The van der Waals surface area contributed by atoms with Crippen molar-refractivity contribution in [1.29, 1.82) is 0 Å². The van der Waals surface area contributed by atoms with Crippen LogP contribution in [0.15, 0.2) is 0 Å². The minimum atomic E-state index is -4.92. The van der Waals surface area contributed by atoms with Crippen molar-refractivity contribution in [1.82, 2.24) is 0 Å². The molecule has 0 fully saturated rings. The quantitative estimate of drug-likeness (QED) is 0.0222. The summed E-state index contributed by atoms with van der Waals surface area (Å²) in [5.74, 6) is -27.0. The van der Waals surface area contributed by atoms with Crippen molar-refractivity contribution in [3.63, 3.8) is 0 Å². The van der Waals surface area contributed by atoms with Gasteiger partial charge in [-0.3, -0.25) is 38.4 Å². The van der Waals surface area contributed by atoms with Crippen LogP contribution in [-0.4, -0.2) is 155 Å². The van der Waals surface area contributed by atoms with Crippen molar-refractivity contribution in [2.45, 2.75) is 116 Å². The molecule has 0 radical (unpaired) electrons. The molecule has 0 rings (SSSR count). The molecule has 21 nitrogen and oxygen atoms in total. The molecule has 0 amide bonds. The molecule has 0 aromatic carbocycles. The van der Waals surface area contributed by atoms with Gasteiger partial charge in [-0.1, -0.05) is 69.0 Å². The van der Waals surface area contributed by atoms with Gasteiger partial charge in [0.15, 0.2) is 0 Å². The average Bonchev–Trinajstić information content (AvgIpc) is 3.19. The Balaban J connectivity index is 8.68. The highest BCUT2D eigenvalue weighted by Gasteiger charge is 2.67. The second-order valence-electron chi connectivity index (χ2n) is 16.5. The largest absolute Gasteiger partial charge is 0.497 e. The summed E-state index contributed by atoms with van der Waals surface area (Å²) in [5, 5.41) is 81.7. The monoisotopic (exact) mass is 1250 g/mol. The van der Waals surface area contributed by atoms with Crippen LogP contribution < -0.4 is 0 Å². The van der Waals surface area contributed by atoms with E-state index in [2.05, 4.69) is 0 Å². The van der Waals surface area contributed by atoms with Gasteiger partial charge in [0.1, 0.15) is 7.57 Å². The zero-order valence-corrected chi connectivity index (χ0v) is 47.9. The number of hydrogen-bond acceptors (Lipinski definition) is 13. The van der Waals surface area contributed by atoms with Gasteiger partial charge in [0, 0.05) is 42.7 Å². The molecule has 67 heavy (non-hydrogen) atoms. The van der Waals surface area contributed by atoms with Crippen LogP contribution in [0.2, 0.25) is 11.1 Å². The van der Waals surface area contributed by atoms with E-state index in [1.165, 1.54) is 69.2 Å². The predicted molar refractivity (Wildman–Crippen MR) is 273 cm³/mol. The Labute approximate surface area is 424 Å². The highest BCUT2D eigenvalue weighted by Crippen LogP contribution is 2.62. The zero-order chi connectivity index (χ0) is 52.6. The highest BCUT2D eigenvalue weighted by molar-refractivity contribution is 14.2. The van der Waals surface area contributed by atoms with Crippen molar-refractivity contribution in [3.05, 3.63) is 0 Å². The van der Waals surface area contributed by atoms with Crippen LogP contribution in [0.1, 0.15) is 94.9 Å². The molecule has 384 valence electrons. The third-order valence-electron chi connectivity index (χ3n) is 12.5. The SMILES string of the molecule is BP(I)C(C)(CC(C(=O)O)C(C(=O)O)C(CC)[Si](OCC)(OCC)O[Si](OCC)(OCC)C(CC)C(C(=O)O)C(CC(C)(PBI)C(C(=O)O)C(C)C(=O)O)C(=O)O)C(C(=O)O)C(C)C(=O)O. The Morgan fingerprint density at radius 2 is 0.910 bits per heavy atom. The summed E-state index contributed by atoms with van der Waals surface area (Å²) in [4.78, 5) is 105. The number of carboxylic acid groups (broad SMARTS) is 8. The molecule has 0 aliphatic heterocycles. The third kappa shape index (κ3) is 16.2. The lowest BCUT2D eigenvalue weighted by atomic mass is 9.74. The standard InChI is InChI=1S/C38H68B2I2O21P2Si2/c1-11-23(25(33(51)52)21(31(47)48)17-37(9,64-40-41)27(35(55)56)19(7)29(43)44)66(59-13-3,60-14-4)63-67(61-15-5,62-16-6)24(12-2)26(34(53)54)22(32(49)50)18-38(10,65(39)42)28(36(57)58)20(8)30(45)46/h19-28,40,64H,11-18,39H2,1-10H3,(H,43,44)(H,45,46)(H,47,48)(H,49,50)(H,51,52)(H,53,54)(H,55,56)(H,57,58). The summed E-state index contributed by atoms with van der Waals surface area (Å²) in [7, 11) is -8.59. The maximum Gasteiger partial charge on any atom is 0.497 e. The van der Waals surface area contributed by atoms with Crippen molar-refractivity contribution >= 4 is 136 Å². The lowest BCUT2D eigenvalue weighted by molar-refractivity contribution is -0.158. The van der Waals surface area contributed by atoms with Gasteiger partial charge in [-0.05, 0) is 58.5 Å². The first-order valence-electron chi connectivity index (χ1n) is 21.7. The highest BCUT2D eigenvalue weighted by atomic mass is 127. The number of carbonyl (C=O) groups is 8. The number of carboxylic acids is 8. The van der Waals surface area contributed by atoms with Gasteiger partial charge >= 0.3 is 65.4 Å². The second-order valence-corrected chi connectivity index (χ2v) is 32.8. The summed E-state index contributed by atoms with van der Waals surface area (Å²) in [6.07, 6.45) is -1.76. The predicted octanol–water partition coefficient (Wildman–Crippen LogP) is 5.29. The van der Waals surface area contributed by atoms with E-state index >= 15 is 0 Å². The van der Waals surface area contributed by atoms with Crippen LogP contribution in [-0.2, 0) is 60.2 Å². The summed E-state index contributed by atoms with van der Waals surface area (Å²) < 4.78 is 32.6. The van der Waals surface area contributed by atoms with Crippen LogP contribution >= 0.6 is 58.3 Å². The van der Waals surface area contributed by atoms with Gasteiger partial charge in [-0.15, -0.1) is 30.8 Å². The molecule has 0 heterocycles. The zero-order valence-electron chi connectivity index (χ0n) is 39.7. The fraction of sp³-hybridized carbons (Fsp3) is 0.789. The molecular formula is C38H68B2I2O21P2Si2.